The fourth-order valence-corrected chi connectivity index (χ4v) is 3.69. The van der Waals surface area contributed by atoms with Crippen LogP contribution in [0.2, 0.25) is 0 Å². The Kier molecular flexibility index (Phi) is 6.26. The first kappa shape index (κ1) is 19.8. The predicted molar refractivity (Wildman–Crippen MR) is 103 cm³/mol. The SMILES string of the molecule is COc1ccccc1C(=O)NCCN(c1cc(C)cc(C)c1)S(C)(=O)=O. The van der Waals surface area contributed by atoms with Gasteiger partial charge in [-0.2, -0.15) is 0 Å². The summed E-state index contributed by atoms with van der Waals surface area (Å²) in [5.41, 5.74) is 2.96. The summed E-state index contributed by atoms with van der Waals surface area (Å²) in [4.78, 5) is 12.3. The third-order valence-corrected chi connectivity index (χ3v) is 5.04. The van der Waals surface area contributed by atoms with Crippen molar-refractivity contribution in [3.8, 4) is 5.75 Å². The minimum atomic E-state index is -3.47. The highest BCUT2D eigenvalue weighted by molar-refractivity contribution is 7.92. The van der Waals surface area contributed by atoms with E-state index in [4.69, 9.17) is 4.74 Å². The zero-order valence-electron chi connectivity index (χ0n) is 15.4. The van der Waals surface area contributed by atoms with Gasteiger partial charge < -0.3 is 10.1 Å². The number of amides is 1. The van der Waals surface area contributed by atoms with E-state index < -0.39 is 10.0 Å². The molecule has 2 rings (SSSR count). The molecule has 7 heteroatoms. The van der Waals surface area contributed by atoms with Crippen LogP contribution in [0, 0.1) is 13.8 Å². The van der Waals surface area contributed by atoms with Crippen LogP contribution in [0.1, 0.15) is 21.5 Å². The summed E-state index contributed by atoms with van der Waals surface area (Å²) >= 11 is 0. The van der Waals surface area contributed by atoms with Gasteiger partial charge >= 0.3 is 0 Å². The van der Waals surface area contributed by atoms with Gasteiger partial charge in [0.15, 0.2) is 0 Å². The molecule has 0 aliphatic rings. The number of aryl methyl sites for hydroxylation is 2. The number of sulfonamides is 1. The molecule has 0 aliphatic carbocycles. The van der Waals surface area contributed by atoms with Crippen molar-refractivity contribution in [1.82, 2.24) is 5.32 Å². The number of para-hydroxylation sites is 1. The van der Waals surface area contributed by atoms with E-state index in [1.165, 1.54) is 11.4 Å². The smallest absolute Gasteiger partial charge is 0.255 e. The van der Waals surface area contributed by atoms with Gasteiger partial charge in [0.2, 0.25) is 10.0 Å². The normalized spacial score (nSPS) is 11.1. The molecule has 0 saturated heterocycles. The van der Waals surface area contributed by atoms with Gasteiger partial charge in [-0.05, 0) is 49.2 Å². The molecule has 0 aliphatic heterocycles. The number of anilines is 1. The van der Waals surface area contributed by atoms with E-state index in [9.17, 15) is 13.2 Å². The summed E-state index contributed by atoms with van der Waals surface area (Å²) in [6.45, 7) is 4.15. The van der Waals surface area contributed by atoms with Gasteiger partial charge in [0.1, 0.15) is 5.75 Å². The molecule has 0 saturated carbocycles. The molecule has 0 aromatic heterocycles. The molecule has 0 unspecified atom stereocenters. The summed E-state index contributed by atoms with van der Waals surface area (Å²) < 4.78 is 30.9. The lowest BCUT2D eigenvalue weighted by Crippen LogP contribution is -2.38. The monoisotopic (exact) mass is 376 g/mol. The van der Waals surface area contributed by atoms with E-state index in [1.54, 1.807) is 24.3 Å². The Labute approximate surface area is 154 Å². The topological polar surface area (TPSA) is 75.7 Å². The zero-order valence-corrected chi connectivity index (χ0v) is 16.3. The molecule has 0 radical (unpaired) electrons. The second-order valence-electron chi connectivity index (χ2n) is 6.14. The molecular formula is C19H24N2O4S. The first-order chi connectivity index (χ1) is 12.2. The van der Waals surface area contributed by atoms with Crippen molar-refractivity contribution in [3.63, 3.8) is 0 Å². The first-order valence-corrected chi connectivity index (χ1v) is 10.0. The van der Waals surface area contributed by atoms with Gasteiger partial charge in [0, 0.05) is 6.54 Å². The van der Waals surface area contributed by atoms with Crippen LogP contribution >= 0.6 is 0 Å². The van der Waals surface area contributed by atoms with E-state index in [0.717, 1.165) is 17.4 Å². The number of benzene rings is 2. The molecule has 1 N–H and O–H groups in total. The Morgan fingerprint density at radius 3 is 2.31 bits per heavy atom. The summed E-state index contributed by atoms with van der Waals surface area (Å²) in [5, 5.41) is 2.75. The molecule has 1 amide bonds. The van der Waals surface area contributed by atoms with Gasteiger partial charge in [-0.3, -0.25) is 9.10 Å². The fourth-order valence-electron chi connectivity index (χ4n) is 2.78. The summed E-state index contributed by atoms with van der Waals surface area (Å²) in [7, 11) is -1.97. The highest BCUT2D eigenvalue weighted by atomic mass is 32.2. The average Bonchev–Trinajstić information content (AvgIpc) is 2.56. The van der Waals surface area contributed by atoms with E-state index in [2.05, 4.69) is 5.32 Å². The van der Waals surface area contributed by atoms with Crippen molar-refractivity contribution in [3.05, 3.63) is 59.2 Å². The number of hydrogen-bond acceptors (Lipinski definition) is 4. The molecule has 26 heavy (non-hydrogen) atoms. The fraction of sp³-hybridized carbons (Fsp3) is 0.316. The molecule has 0 spiro atoms. The Morgan fingerprint density at radius 1 is 1.12 bits per heavy atom. The number of carbonyl (C=O) groups excluding carboxylic acids is 1. The highest BCUT2D eigenvalue weighted by Crippen LogP contribution is 2.21. The van der Waals surface area contributed by atoms with Crippen molar-refractivity contribution < 1.29 is 17.9 Å². The third-order valence-electron chi connectivity index (χ3n) is 3.85. The predicted octanol–water partition coefficient (Wildman–Crippen LogP) is 2.51. The maximum absolute atomic E-state index is 12.3. The minimum Gasteiger partial charge on any atom is -0.496 e. The molecule has 6 nitrogen and oxygen atoms in total. The summed E-state index contributed by atoms with van der Waals surface area (Å²) in [6, 6.07) is 12.5. The van der Waals surface area contributed by atoms with Gasteiger partial charge in [-0.15, -0.1) is 0 Å². The zero-order chi connectivity index (χ0) is 19.3. The second-order valence-corrected chi connectivity index (χ2v) is 8.04. The highest BCUT2D eigenvalue weighted by Gasteiger charge is 2.18. The lowest BCUT2D eigenvalue weighted by Gasteiger charge is -2.23. The number of hydrogen-bond donors (Lipinski definition) is 1. The maximum atomic E-state index is 12.3. The first-order valence-electron chi connectivity index (χ1n) is 8.19. The standard InChI is InChI=1S/C19H24N2O4S/c1-14-11-15(2)13-16(12-14)21(26(4,23)24)10-9-20-19(22)17-7-5-6-8-18(17)25-3/h5-8,11-13H,9-10H2,1-4H3,(H,20,22). The van der Waals surface area contributed by atoms with Gasteiger partial charge in [0.05, 0.1) is 31.2 Å². The van der Waals surface area contributed by atoms with E-state index >= 15 is 0 Å². The van der Waals surface area contributed by atoms with Crippen LogP contribution in [0.4, 0.5) is 5.69 Å². The quantitative estimate of drug-likeness (QED) is 0.806. The van der Waals surface area contributed by atoms with Crippen molar-refractivity contribution in [2.45, 2.75) is 13.8 Å². The number of carbonyl (C=O) groups is 1. The van der Waals surface area contributed by atoms with Crippen molar-refractivity contribution in [2.24, 2.45) is 0 Å². The Morgan fingerprint density at radius 2 is 1.73 bits per heavy atom. The second kappa shape index (κ2) is 8.23. The van der Waals surface area contributed by atoms with Crippen molar-refractivity contribution in [2.75, 3.05) is 30.8 Å². The lowest BCUT2D eigenvalue weighted by molar-refractivity contribution is 0.0952. The Hall–Kier alpha value is -2.54. The van der Waals surface area contributed by atoms with Crippen LogP contribution < -0.4 is 14.4 Å². The van der Waals surface area contributed by atoms with Crippen LogP contribution in [0.25, 0.3) is 0 Å². The number of nitrogens with one attached hydrogen (secondary N) is 1. The van der Waals surface area contributed by atoms with Crippen LogP contribution in [0.5, 0.6) is 5.75 Å². The van der Waals surface area contributed by atoms with Crippen LogP contribution in [0.3, 0.4) is 0 Å². The van der Waals surface area contributed by atoms with Gasteiger partial charge in [-0.25, -0.2) is 8.42 Å². The average molecular weight is 376 g/mol. The third kappa shape index (κ3) is 4.98. The van der Waals surface area contributed by atoms with Crippen LogP contribution in [-0.4, -0.2) is 40.8 Å². The van der Waals surface area contributed by atoms with Crippen LogP contribution in [-0.2, 0) is 10.0 Å². The number of methoxy groups -OCH3 is 1. The molecule has 2 aromatic carbocycles. The van der Waals surface area contributed by atoms with E-state index in [1.807, 2.05) is 32.0 Å². The molecule has 140 valence electrons. The number of nitrogens with zero attached hydrogens (tertiary/aromatic N) is 1. The van der Waals surface area contributed by atoms with E-state index in [-0.39, 0.29) is 19.0 Å². The minimum absolute atomic E-state index is 0.141. The van der Waals surface area contributed by atoms with E-state index in [0.29, 0.717) is 17.0 Å². The number of rotatable bonds is 7. The maximum Gasteiger partial charge on any atom is 0.255 e. The van der Waals surface area contributed by atoms with Gasteiger partial charge in [0.25, 0.3) is 5.91 Å². The Bertz CT molecular complexity index is 874. The molecule has 0 atom stereocenters. The molecular weight excluding hydrogens is 352 g/mol. The lowest BCUT2D eigenvalue weighted by atomic mass is 10.1. The van der Waals surface area contributed by atoms with Crippen LogP contribution in [0.15, 0.2) is 42.5 Å². The molecule has 2 aromatic rings. The molecule has 0 heterocycles. The number of ether oxygens (including phenoxy) is 1. The largest absolute Gasteiger partial charge is 0.496 e. The van der Waals surface area contributed by atoms with Crippen molar-refractivity contribution in [1.29, 1.82) is 0 Å². The van der Waals surface area contributed by atoms with Gasteiger partial charge in [-0.1, -0.05) is 18.2 Å². The summed E-state index contributed by atoms with van der Waals surface area (Å²) in [6.07, 6.45) is 1.16. The molecule has 0 fully saturated rings. The molecule has 0 bridgehead atoms. The Balaban J connectivity index is 2.12. The summed E-state index contributed by atoms with van der Waals surface area (Å²) in [5.74, 6) is 0.163. The van der Waals surface area contributed by atoms with Crippen molar-refractivity contribution >= 4 is 21.6 Å².